The Bertz CT molecular complexity index is 860. The van der Waals surface area contributed by atoms with Crippen molar-refractivity contribution in [3.05, 3.63) is 88.3 Å². The van der Waals surface area contributed by atoms with E-state index in [0.29, 0.717) is 6.61 Å². The quantitative estimate of drug-likeness (QED) is 0.631. The number of H-pyrrole nitrogens is 1. The van der Waals surface area contributed by atoms with E-state index in [1.807, 2.05) is 42.5 Å². The molecule has 0 aliphatic heterocycles. The summed E-state index contributed by atoms with van der Waals surface area (Å²) in [7, 11) is 0. The maximum atomic E-state index is 11.1. The highest BCUT2D eigenvalue weighted by molar-refractivity contribution is 7.99. The fourth-order valence-electron chi connectivity index (χ4n) is 2.32. The Morgan fingerprint density at radius 2 is 1.76 bits per heavy atom. The summed E-state index contributed by atoms with van der Waals surface area (Å²) < 4.78 is 5.78. The van der Waals surface area contributed by atoms with Gasteiger partial charge in [0.15, 0.2) is 5.75 Å². The Morgan fingerprint density at radius 3 is 2.48 bits per heavy atom. The molecular formula is C20H19NO3S. The van der Waals surface area contributed by atoms with Gasteiger partial charge in [-0.05, 0) is 29.7 Å². The van der Waals surface area contributed by atoms with Crippen LogP contribution in [0.5, 0.6) is 11.5 Å². The lowest BCUT2D eigenvalue weighted by atomic mass is 10.2. The van der Waals surface area contributed by atoms with Crippen molar-refractivity contribution in [2.24, 2.45) is 0 Å². The van der Waals surface area contributed by atoms with Crippen LogP contribution in [0.4, 0.5) is 0 Å². The first-order valence-corrected chi connectivity index (χ1v) is 8.99. The minimum atomic E-state index is -0.463. The molecule has 0 unspecified atom stereocenters. The molecule has 1 aromatic heterocycles. The Morgan fingerprint density at radius 1 is 1.00 bits per heavy atom. The summed E-state index contributed by atoms with van der Waals surface area (Å²) in [5, 5.41) is 9.41. The Hall–Kier alpha value is -2.66. The fourth-order valence-corrected chi connectivity index (χ4v) is 3.23. The largest absolute Gasteiger partial charge is 0.503 e. The van der Waals surface area contributed by atoms with Crippen molar-refractivity contribution < 1.29 is 9.84 Å². The Labute approximate surface area is 150 Å². The van der Waals surface area contributed by atoms with Gasteiger partial charge in [0.25, 0.3) is 5.56 Å². The molecule has 0 aliphatic carbocycles. The maximum absolute atomic E-state index is 11.1. The molecule has 3 aromatic rings. The molecule has 0 spiro atoms. The van der Waals surface area contributed by atoms with Gasteiger partial charge >= 0.3 is 0 Å². The first-order chi connectivity index (χ1) is 12.2. The van der Waals surface area contributed by atoms with Gasteiger partial charge in [0.2, 0.25) is 0 Å². The molecule has 2 aromatic carbocycles. The van der Waals surface area contributed by atoms with Crippen molar-refractivity contribution >= 4 is 11.8 Å². The van der Waals surface area contributed by atoms with Crippen molar-refractivity contribution in [1.29, 1.82) is 0 Å². The zero-order valence-corrected chi connectivity index (χ0v) is 14.5. The average molecular weight is 353 g/mol. The zero-order valence-electron chi connectivity index (χ0n) is 13.6. The molecule has 0 saturated heterocycles. The number of aryl methyl sites for hydroxylation is 1. The second-order valence-corrected chi connectivity index (χ2v) is 6.73. The predicted molar refractivity (Wildman–Crippen MR) is 100 cm³/mol. The van der Waals surface area contributed by atoms with E-state index in [9.17, 15) is 9.90 Å². The van der Waals surface area contributed by atoms with Crippen LogP contribution in [0, 0.1) is 0 Å². The summed E-state index contributed by atoms with van der Waals surface area (Å²) in [5.41, 5.74) is 1.90. The molecule has 5 heteroatoms. The second-order valence-electron chi connectivity index (χ2n) is 5.57. The van der Waals surface area contributed by atoms with Crippen LogP contribution in [0.2, 0.25) is 0 Å². The number of nitrogens with one attached hydrogen (secondary N) is 1. The van der Waals surface area contributed by atoms with Crippen molar-refractivity contribution in [2.45, 2.75) is 17.9 Å². The van der Waals surface area contributed by atoms with Gasteiger partial charge in [0.1, 0.15) is 12.4 Å². The number of aromatic hydroxyl groups is 1. The molecule has 128 valence electrons. The molecule has 0 atom stereocenters. The SMILES string of the molecule is O=c1[nH]cc(SCCc2ccc(OCc3ccccc3)cc2)cc1O. The van der Waals surface area contributed by atoms with Crippen LogP contribution < -0.4 is 10.3 Å². The first kappa shape index (κ1) is 17.2. The van der Waals surface area contributed by atoms with E-state index in [-0.39, 0.29) is 5.75 Å². The van der Waals surface area contributed by atoms with Crippen LogP contribution >= 0.6 is 11.8 Å². The number of pyridine rings is 1. The molecule has 0 bridgehead atoms. The van der Waals surface area contributed by atoms with Gasteiger partial charge in [0, 0.05) is 22.9 Å². The minimum absolute atomic E-state index is 0.245. The van der Waals surface area contributed by atoms with E-state index in [0.717, 1.165) is 28.4 Å². The van der Waals surface area contributed by atoms with Gasteiger partial charge in [0.05, 0.1) is 0 Å². The van der Waals surface area contributed by atoms with Gasteiger partial charge in [-0.15, -0.1) is 11.8 Å². The molecule has 0 saturated carbocycles. The molecule has 1 heterocycles. The van der Waals surface area contributed by atoms with Crippen molar-refractivity contribution in [2.75, 3.05) is 5.75 Å². The van der Waals surface area contributed by atoms with Crippen LogP contribution in [-0.4, -0.2) is 15.8 Å². The van der Waals surface area contributed by atoms with Gasteiger partial charge in [-0.2, -0.15) is 0 Å². The number of hydrogen-bond donors (Lipinski definition) is 2. The number of thioether (sulfide) groups is 1. The summed E-state index contributed by atoms with van der Waals surface area (Å²) in [6.45, 7) is 0.561. The lowest BCUT2D eigenvalue weighted by Crippen LogP contribution is -2.03. The molecule has 3 rings (SSSR count). The van der Waals surface area contributed by atoms with Crippen molar-refractivity contribution in [3.63, 3.8) is 0 Å². The van der Waals surface area contributed by atoms with Gasteiger partial charge in [-0.25, -0.2) is 0 Å². The van der Waals surface area contributed by atoms with Crippen molar-refractivity contribution in [1.82, 2.24) is 4.98 Å². The van der Waals surface area contributed by atoms with E-state index in [1.165, 1.54) is 11.6 Å². The lowest BCUT2D eigenvalue weighted by molar-refractivity contribution is 0.306. The summed E-state index contributed by atoms with van der Waals surface area (Å²) in [4.78, 5) is 14.5. The van der Waals surface area contributed by atoms with E-state index < -0.39 is 5.56 Å². The smallest absolute Gasteiger partial charge is 0.290 e. The standard InChI is InChI=1S/C20H19NO3S/c22-19-12-18(13-21-20(19)23)25-11-10-15-6-8-17(9-7-15)24-14-16-4-2-1-3-5-16/h1-9,12-13,22H,10-11,14H2,(H,21,23). The summed E-state index contributed by atoms with van der Waals surface area (Å²) in [6.07, 6.45) is 2.51. The van der Waals surface area contributed by atoms with Crippen LogP contribution in [0.25, 0.3) is 0 Å². The fraction of sp³-hybridized carbons (Fsp3) is 0.150. The van der Waals surface area contributed by atoms with Gasteiger partial charge < -0.3 is 14.8 Å². The van der Waals surface area contributed by atoms with Crippen LogP contribution in [-0.2, 0) is 13.0 Å². The van der Waals surface area contributed by atoms with Crippen LogP contribution in [0.15, 0.2) is 76.6 Å². The minimum Gasteiger partial charge on any atom is -0.503 e. The van der Waals surface area contributed by atoms with E-state index >= 15 is 0 Å². The number of aromatic amines is 1. The Kier molecular flexibility index (Phi) is 5.80. The molecule has 0 radical (unpaired) electrons. The van der Waals surface area contributed by atoms with E-state index in [1.54, 1.807) is 18.0 Å². The normalized spacial score (nSPS) is 10.6. The van der Waals surface area contributed by atoms with Gasteiger partial charge in [-0.3, -0.25) is 4.79 Å². The summed E-state index contributed by atoms with van der Waals surface area (Å²) in [5.74, 6) is 1.46. The predicted octanol–water partition coefficient (Wildman–Crippen LogP) is 3.99. The highest BCUT2D eigenvalue weighted by Crippen LogP contribution is 2.21. The number of aromatic nitrogens is 1. The molecule has 25 heavy (non-hydrogen) atoms. The van der Waals surface area contributed by atoms with Crippen molar-refractivity contribution in [3.8, 4) is 11.5 Å². The molecule has 2 N–H and O–H groups in total. The lowest BCUT2D eigenvalue weighted by Gasteiger charge is -2.07. The average Bonchev–Trinajstić information content (AvgIpc) is 2.65. The monoisotopic (exact) mass is 353 g/mol. The second kappa shape index (κ2) is 8.44. The molecule has 4 nitrogen and oxygen atoms in total. The van der Waals surface area contributed by atoms with Crippen LogP contribution in [0.1, 0.15) is 11.1 Å². The maximum Gasteiger partial charge on any atom is 0.290 e. The Balaban J connectivity index is 1.47. The summed E-state index contributed by atoms with van der Waals surface area (Å²) >= 11 is 1.59. The zero-order chi connectivity index (χ0) is 17.5. The van der Waals surface area contributed by atoms with Crippen LogP contribution in [0.3, 0.4) is 0 Å². The third kappa shape index (κ3) is 5.16. The summed E-state index contributed by atoms with van der Waals surface area (Å²) in [6, 6.07) is 19.7. The molecule has 0 aliphatic rings. The number of benzene rings is 2. The highest BCUT2D eigenvalue weighted by atomic mass is 32.2. The van der Waals surface area contributed by atoms with E-state index in [4.69, 9.17) is 4.74 Å². The third-order valence-electron chi connectivity index (χ3n) is 3.69. The number of rotatable bonds is 7. The van der Waals surface area contributed by atoms with E-state index in [2.05, 4.69) is 17.1 Å². The molecule has 0 amide bonds. The first-order valence-electron chi connectivity index (χ1n) is 8.01. The van der Waals surface area contributed by atoms with Gasteiger partial charge in [-0.1, -0.05) is 42.5 Å². The topological polar surface area (TPSA) is 62.3 Å². The third-order valence-corrected chi connectivity index (χ3v) is 4.67. The molecular weight excluding hydrogens is 334 g/mol. The molecule has 0 fully saturated rings. The number of ether oxygens (including phenoxy) is 1. The highest BCUT2D eigenvalue weighted by Gasteiger charge is 2.01. The number of hydrogen-bond acceptors (Lipinski definition) is 4.